The molecule has 3 nitrogen and oxygen atoms in total. The highest BCUT2D eigenvalue weighted by molar-refractivity contribution is 5.72. The van der Waals surface area contributed by atoms with E-state index in [4.69, 9.17) is 5.11 Å². The topological polar surface area (TPSA) is 50.2 Å². The maximum atomic E-state index is 10.9. The Hall–Kier alpha value is -1.38. The fourth-order valence-corrected chi connectivity index (χ4v) is 2.06. The SMILES string of the molecule is CC(C)(C)c1ccc2c(n1)CC(C(=O)O)C2. The molecule has 16 heavy (non-hydrogen) atoms. The van der Waals surface area contributed by atoms with Crippen molar-refractivity contribution in [2.24, 2.45) is 5.92 Å². The molecule has 2 rings (SSSR count). The summed E-state index contributed by atoms with van der Waals surface area (Å²) in [5, 5.41) is 8.99. The lowest BCUT2D eigenvalue weighted by molar-refractivity contribution is -0.141. The summed E-state index contributed by atoms with van der Waals surface area (Å²) in [6.07, 6.45) is 1.21. The minimum atomic E-state index is -0.713. The number of hydrogen-bond donors (Lipinski definition) is 1. The lowest BCUT2D eigenvalue weighted by Gasteiger charge is -2.18. The molecular weight excluding hydrogens is 202 g/mol. The third-order valence-electron chi connectivity index (χ3n) is 3.09. The van der Waals surface area contributed by atoms with E-state index in [0.717, 1.165) is 17.0 Å². The number of nitrogens with zero attached hydrogens (tertiary/aromatic N) is 1. The summed E-state index contributed by atoms with van der Waals surface area (Å²) >= 11 is 0. The minimum absolute atomic E-state index is 0.0241. The van der Waals surface area contributed by atoms with Crippen LogP contribution in [0.3, 0.4) is 0 Å². The summed E-state index contributed by atoms with van der Waals surface area (Å²) in [6.45, 7) is 6.35. The van der Waals surface area contributed by atoms with E-state index in [-0.39, 0.29) is 11.3 Å². The highest BCUT2D eigenvalue weighted by Gasteiger charge is 2.29. The van der Waals surface area contributed by atoms with Crippen molar-refractivity contribution < 1.29 is 9.90 Å². The molecule has 1 aromatic rings. The summed E-state index contributed by atoms with van der Waals surface area (Å²) in [5.41, 5.74) is 3.13. The first-order valence-corrected chi connectivity index (χ1v) is 5.60. The van der Waals surface area contributed by atoms with Gasteiger partial charge in [-0.15, -0.1) is 0 Å². The van der Waals surface area contributed by atoms with Crippen LogP contribution < -0.4 is 0 Å². The lowest BCUT2D eigenvalue weighted by atomic mass is 9.91. The van der Waals surface area contributed by atoms with Gasteiger partial charge >= 0.3 is 5.97 Å². The van der Waals surface area contributed by atoms with E-state index in [9.17, 15) is 4.79 Å². The van der Waals surface area contributed by atoms with E-state index in [1.807, 2.05) is 12.1 Å². The molecule has 3 heteroatoms. The number of pyridine rings is 1. The standard InChI is InChI=1S/C13H17NO2/c1-13(2,3)11-5-4-8-6-9(12(15)16)7-10(8)14-11/h4-5,9H,6-7H2,1-3H3,(H,15,16). The van der Waals surface area contributed by atoms with Crippen molar-refractivity contribution in [3.8, 4) is 0 Å². The van der Waals surface area contributed by atoms with Crippen LogP contribution in [0.2, 0.25) is 0 Å². The van der Waals surface area contributed by atoms with Crippen LogP contribution in [0.1, 0.15) is 37.7 Å². The van der Waals surface area contributed by atoms with E-state index in [2.05, 4.69) is 25.8 Å². The zero-order valence-corrected chi connectivity index (χ0v) is 9.95. The van der Waals surface area contributed by atoms with E-state index in [1.165, 1.54) is 0 Å². The first-order valence-electron chi connectivity index (χ1n) is 5.60. The second kappa shape index (κ2) is 3.58. The van der Waals surface area contributed by atoms with Gasteiger partial charge in [0.1, 0.15) is 0 Å². The van der Waals surface area contributed by atoms with Gasteiger partial charge in [0.25, 0.3) is 0 Å². The van der Waals surface area contributed by atoms with Crippen molar-refractivity contribution in [1.29, 1.82) is 0 Å². The molecule has 0 aromatic carbocycles. The van der Waals surface area contributed by atoms with Gasteiger partial charge in [-0.05, 0) is 18.1 Å². The monoisotopic (exact) mass is 219 g/mol. The highest BCUT2D eigenvalue weighted by atomic mass is 16.4. The van der Waals surface area contributed by atoms with Crippen LogP contribution in [0.5, 0.6) is 0 Å². The average Bonchev–Trinajstić information content (AvgIpc) is 2.58. The van der Waals surface area contributed by atoms with Crippen LogP contribution in [0.4, 0.5) is 0 Å². The van der Waals surface area contributed by atoms with E-state index >= 15 is 0 Å². The molecule has 1 aromatic heterocycles. The number of fused-ring (bicyclic) bond motifs is 1. The summed E-state index contributed by atoms with van der Waals surface area (Å²) in [4.78, 5) is 15.5. The number of rotatable bonds is 1. The lowest BCUT2D eigenvalue weighted by Crippen LogP contribution is -2.15. The number of aromatic nitrogens is 1. The van der Waals surface area contributed by atoms with Crippen molar-refractivity contribution in [2.45, 2.75) is 39.0 Å². The van der Waals surface area contributed by atoms with Gasteiger partial charge in [-0.1, -0.05) is 26.8 Å². The third-order valence-corrected chi connectivity index (χ3v) is 3.09. The first kappa shape index (κ1) is 11.1. The average molecular weight is 219 g/mol. The molecule has 1 heterocycles. The van der Waals surface area contributed by atoms with Crippen LogP contribution in [0.15, 0.2) is 12.1 Å². The number of carboxylic acids is 1. The summed E-state index contributed by atoms with van der Waals surface area (Å²) in [6, 6.07) is 4.05. The molecule has 1 unspecified atom stereocenters. The Morgan fingerprint density at radius 1 is 1.38 bits per heavy atom. The summed E-state index contributed by atoms with van der Waals surface area (Å²) in [7, 11) is 0. The minimum Gasteiger partial charge on any atom is -0.481 e. The Balaban J connectivity index is 2.31. The largest absolute Gasteiger partial charge is 0.481 e. The Morgan fingerprint density at radius 2 is 2.06 bits per heavy atom. The van der Waals surface area contributed by atoms with Gasteiger partial charge in [-0.2, -0.15) is 0 Å². The Kier molecular flexibility index (Phi) is 2.49. The Labute approximate surface area is 95.5 Å². The molecule has 0 aliphatic heterocycles. The van der Waals surface area contributed by atoms with Crippen molar-refractivity contribution in [2.75, 3.05) is 0 Å². The number of hydrogen-bond acceptors (Lipinski definition) is 2. The van der Waals surface area contributed by atoms with Gasteiger partial charge in [-0.3, -0.25) is 9.78 Å². The smallest absolute Gasteiger partial charge is 0.307 e. The quantitative estimate of drug-likeness (QED) is 0.787. The molecule has 0 fully saturated rings. The van der Waals surface area contributed by atoms with Gasteiger partial charge in [-0.25, -0.2) is 0 Å². The second-order valence-electron chi connectivity index (χ2n) is 5.50. The first-order chi connectivity index (χ1) is 7.38. The maximum absolute atomic E-state index is 10.9. The van der Waals surface area contributed by atoms with Gasteiger partial charge in [0.05, 0.1) is 5.92 Å². The fourth-order valence-electron chi connectivity index (χ4n) is 2.06. The maximum Gasteiger partial charge on any atom is 0.307 e. The van der Waals surface area contributed by atoms with E-state index in [0.29, 0.717) is 12.8 Å². The van der Waals surface area contributed by atoms with Crippen LogP contribution >= 0.6 is 0 Å². The Morgan fingerprint density at radius 3 is 2.62 bits per heavy atom. The van der Waals surface area contributed by atoms with E-state index in [1.54, 1.807) is 0 Å². The normalized spacial score (nSPS) is 19.6. The van der Waals surface area contributed by atoms with Crippen molar-refractivity contribution in [3.05, 3.63) is 29.1 Å². The molecule has 1 aliphatic carbocycles. The van der Waals surface area contributed by atoms with E-state index < -0.39 is 5.97 Å². The molecule has 1 aliphatic rings. The van der Waals surface area contributed by atoms with Gasteiger partial charge in [0, 0.05) is 23.2 Å². The zero-order chi connectivity index (χ0) is 11.9. The van der Waals surface area contributed by atoms with Crippen molar-refractivity contribution in [3.63, 3.8) is 0 Å². The molecule has 86 valence electrons. The van der Waals surface area contributed by atoms with Gasteiger partial charge in [0.15, 0.2) is 0 Å². The molecule has 1 N–H and O–H groups in total. The molecular formula is C13H17NO2. The zero-order valence-electron chi connectivity index (χ0n) is 9.95. The molecule has 0 saturated carbocycles. The number of aliphatic carboxylic acids is 1. The Bertz CT molecular complexity index is 432. The summed E-state index contributed by atoms with van der Waals surface area (Å²) < 4.78 is 0. The van der Waals surface area contributed by atoms with Crippen LogP contribution in [-0.2, 0) is 23.1 Å². The van der Waals surface area contributed by atoms with Crippen LogP contribution in [-0.4, -0.2) is 16.1 Å². The van der Waals surface area contributed by atoms with Crippen molar-refractivity contribution in [1.82, 2.24) is 4.98 Å². The predicted molar refractivity (Wildman–Crippen MR) is 61.5 cm³/mol. The number of carboxylic acid groups (broad SMARTS) is 1. The van der Waals surface area contributed by atoms with Crippen molar-refractivity contribution >= 4 is 5.97 Å². The molecule has 0 radical (unpaired) electrons. The van der Waals surface area contributed by atoms with Crippen LogP contribution in [0.25, 0.3) is 0 Å². The number of carbonyl (C=O) groups is 1. The van der Waals surface area contributed by atoms with Gasteiger partial charge in [0.2, 0.25) is 0 Å². The summed E-state index contributed by atoms with van der Waals surface area (Å²) in [5.74, 6) is -0.993. The molecule has 0 saturated heterocycles. The predicted octanol–water partition coefficient (Wildman–Crippen LogP) is 2.18. The second-order valence-corrected chi connectivity index (χ2v) is 5.50. The third kappa shape index (κ3) is 1.94. The molecule has 0 amide bonds. The van der Waals surface area contributed by atoms with Gasteiger partial charge < -0.3 is 5.11 Å². The molecule has 1 atom stereocenters. The fraction of sp³-hybridized carbons (Fsp3) is 0.538. The molecule has 0 bridgehead atoms. The highest BCUT2D eigenvalue weighted by Crippen LogP contribution is 2.28. The molecule has 0 spiro atoms. The van der Waals surface area contributed by atoms with Crippen LogP contribution in [0, 0.1) is 5.92 Å².